The Balaban J connectivity index is 1.42. The van der Waals surface area contributed by atoms with Crippen LogP contribution in [0.1, 0.15) is 24.0 Å². The highest BCUT2D eigenvalue weighted by atomic mass is 32.2. The zero-order valence-electron chi connectivity index (χ0n) is 19.0. The molecule has 1 amide bonds. The lowest BCUT2D eigenvalue weighted by Crippen LogP contribution is -2.41. The number of piperidine rings is 1. The second-order valence-corrected chi connectivity index (χ2v) is 9.01. The molecule has 0 aliphatic carbocycles. The molecule has 1 N–H and O–H groups in total. The number of carbonyl (C=O) groups is 1. The number of benzene rings is 1. The van der Waals surface area contributed by atoms with Crippen molar-refractivity contribution in [2.75, 3.05) is 33.4 Å². The fourth-order valence-electron chi connectivity index (χ4n) is 3.83. The van der Waals surface area contributed by atoms with Crippen molar-refractivity contribution in [3.05, 3.63) is 35.7 Å². The molecule has 0 bridgehead atoms. The predicted octanol–water partition coefficient (Wildman–Crippen LogP) is 2.89. The quantitative estimate of drug-likeness (QED) is 0.614. The Morgan fingerprint density at radius 1 is 1.18 bits per heavy atom. The second kappa shape index (κ2) is 11.0. The minimum Gasteiger partial charge on any atom is -0.493 e. The number of rotatable bonds is 7. The number of hydrogen-bond donors (Lipinski definition) is 1. The van der Waals surface area contributed by atoms with E-state index < -0.39 is 17.5 Å². The summed E-state index contributed by atoms with van der Waals surface area (Å²) in [4.78, 5) is 21.0. The number of aromatic nitrogens is 2. The highest BCUT2D eigenvalue weighted by Crippen LogP contribution is 2.35. The normalized spacial score (nSPS) is 21.2. The third-order valence-corrected chi connectivity index (χ3v) is 6.40. The third-order valence-electron chi connectivity index (χ3n) is 5.74. The fraction of sp³-hybridized carbons (Fsp3) is 0.500. The molecule has 11 nitrogen and oxygen atoms in total. The minimum atomic E-state index is -1.65. The number of methoxy groups -OCH3 is 1. The molecule has 1 aromatic carbocycles. The van der Waals surface area contributed by atoms with Crippen LogP contribution in [0.2, 0.25) is 0 Å². The molecule has 0 atom stereocenters. The maximum atomic E-state index is 11.2. The second-order valence-electron chi connectivity index (χ2n) is 8.13. The van der Waals surface area contributed by atoms with Crippen LogP contribution in [0, 0.1) is 12.8 Å². The van der Waals surface area contributed by atoms with E-state index in [1.54, 1.807) is 13.2 Å². The molecule has 0 spiro atoms. The molecular weight excluding hydrogens is 466 g/mol. The van der Waals surface area contributed by atoms with E-state index in [-0.39, 0.29) is 12.0 Å². The van der Waals surface area contributed by atoms with Crippen LogP contribution in [0.3, 0.4) is 0 Å². The summed E-state index contributed by atoms with van der Waals surface area (Å²) in [6.07, 6.45) is 2.19. The summed E-state index contributed by atoms with van der Waals surface area (Å²) in [6.45, 7) is 3.39. The molecule has 0 saturated carbocycles. The van der Waals surface area contributed by atoms with Crippen LogP contribution < -0.4 is 14.2 Å². The van der Waals surface area contributed by atoms with Gasteiger partial charge in [-0.1, -0.05) is 6.07 Å². The largest absolute Gasteiger partial charge is 0.493 e. The van der Waals surface area contributed by atoms with Gasteiger partial charge >= 0.3 is 17.5 Å². The zero-order chi connectivity index (χ0) is 24.1. The van der Waals surface area contributed by atoms with Gasteiger partial charge in [0.05, 0.1) is 25.9 Å². The van der Waals surface area contributed by atoms with Crippen molar-refractivity contribution in [1.82, 2.24) is 14.9 Å². The van der Waals surface area contributed by atoms with Gasteiger partial charge in [0, 0.05) is 31.8 Å². The van der Waals surface area contributed by atoms with Crippen LogP contribution in [0.4, 0.5) is 4.79 Å². The summed E-state index contributed by atoms with van der Waals surface area (Å²) in [5.41, 5.74) is 1.64. The van der Waals surface area contributed by atoms with Crippen molar-refractivity contribution in [2.45, 2.75) is 32.3 Å². The average molecular weight is 494 g/mol. The number of hydrogen-bond acceptors (Lipinski definition) is 9. The van der Waals surface area contributed by atoms with Gasteiger partial charge in [-0.15, -0.1) is 0 Å². The Morgan fingerprint density at radius 3 is 2.56 bits per heavy atom. The van der Waals surface area contributed by atoms with Crippen molar-refractivity contribution >= 4 is 17.5 Å². The Morgan fingerprint density at radius 2 is 1.88 bits per heavy atom. The molecule has 2 saturated heterocycles. The summed E-state index contributed by atoms with van der Waals surface area (Å²) in [5, 5.41) is 9.10. The van der Waals surface area contributed by atoms with E-state index in [1.807, 2.05) is 19.1 Å². The smallest absolute Gasteiger partial charge is 0.407 e. The third kappa shape index (κ3) is 5.93. The van der Waals surface area contributed by atoms with E-state index in [1.165, 1.54) is 11.2 Å². The Hall–Kier alpha value is -2.96. The first kappa shape index (κ1) is 24.2. The molecule has 2 aromatic rings. The molecule has 0 radical (unpaired) electrons. The van der Waals surface area contributed by atoms with Gasteiger partial charge in [0.25, 0.3) is 0 Å². The van der Waals surface area contributed by atoms with Gasteiger partial charge in [-0.2, -0.15) is 4.21 Å². The molecule has 184 valence electrons. The van der Waals surface area contributed by atoms with Crippen molar-refractivity contribution in [2.24, 2.45) is 5.92 Å². The first-order valence-corrected chi connectivity index (χ1v) is 11.9. The van der Waals surface area contributed by atoms with Gasteiger partial charge in [-0.25, -0.2) is 14.8 Å². The molecule has 4 rings (SSSR count). The molecule has 2 aliphatic rings. The topological polar surface area (TPSA) is 130 Å². The molecule has 0 unspecified atom stereocenters. The highest BCUT2D eigenvalue weighted by molar-refractivity contribution is 7.75. The van der Waals surface area contributed by atoms with Gasteiger partial charge in [-0.3, -0.25) is 8.37 Å². The monoisotopic (exact) mass is 493 g/mol. The molecule has 12 heteroatoms. The number of ether oxygens (including phenoxy) is 3. The lowest BCUT2D eigenvalue weighted by molar-refractivity contribution is 0.0864. The number of carboxylic acid groups (broad SMARTS) is 1. The molecule has 3 heterocycles. The average Bonchev–Trinajstić information content (AvgIpc) is 2.84. The van der Waals surface area contributed by atoms with E-state index in [0.29, 0.717) is 74.4 Å². The minimum absolute atomic E-state index is 0.0976. The van der Waals surface area contributed by atoms with Crippen LogP contribution in [-0.4, -0.2) is 69.8 Å². The van der Waals surface area contributed by atoms with Crippen LogP contribution in [0.25, 0.3) is 0 Å². The van der Waals surface area contributed by atoms with Crippen LogP contribution in [0.15, 0.2) is 24.5 Å². The number of amides is 1. The van der Waals surface area contributed by atoms with Gasteiger partial charge in [-0.05, 0) is 31.0 Å². The molecule has 2 aliphatic heterocycles. The SMILES string of the molecule is COc1cc(CC2COS(=O)OC2)ccc1Oc1ncnc(OC2CCN(C(=O)O)CC2)c1C. The van der Waals surface area contributed by atoms with Crippen LogP contribution in [-0.2, 0) is 26.1 Å². The first-order valence-electron chi connectivity index (χ1n) is 10.9. The van der Waals surface area contributed by atoms with Gasteiger partial charge in [0.1, 0.15) is 12.4 Å². The number of likely N-dealkylation sites (tertiary alicyclic amines) is 1. The Bertz CT molecular complexity index is 1030. The zero-order valence-corrected chi connectivity index (χ0v) is 19.8. The van der Waals surface area contributed by atoms with E-state index in [0.717, 1.165) is 5.56 Å². The lowest BCUT2D eigenvalue weighted by atomic mass is 10.0. The summed E-state index contributed by atoms with van der Waals surface area (Å²) < 4.78 is 38.9. The van der Waals surface area contributed by atoms with Crippen LogP contribution in [0.5, 0.6) is 23.3 Å². The highest BCUT2D eigenvalue weighted by Gasteiger charge is 2.25. The van der Waals surface area contributed by atoms with E-state index in [4.69, 9.17) is 27.7 Å². The standard InChI is InChI=1S/C22H27N3O8S/c1-14-20(32-17-5-7-25(8-6-17)22(26)27)23-13-24-21(14)33-18-4-3-15(10-19(18)29-2)9-16-11-30-34(28)31-12-16/h3-4,10,13,16-17H,5-9,11-12H2,1-2H3,(H,26,27). The van der Waals surface area contributed by atoms with Gasteiger partial charge in [0.15, 0.2) is 11.5 Å². The van der Waals surface area contributed by atoms with Crippen molar-refractivity contribution in [1.29, 1.82) is 0 Å². The van der Waals surface area contributed by atoms with Crippen molar-refractivity contribution < 1.29 is 36.7 Å². The summed E-state index contributed by atoms with van der Waals surface area (Å²) >= 11 is -1.65. The van der Waals surface area contributed by atoms with Crippen molar-refractivity contribution in [3.63, 3.8) is 0 Å². The molecule has 34 heavy (non-hydrogen) atoms. The summed E-state index contributed by atoms with van der Waals surface area (Å²) in [7, 11) is 1.56. The Kier molecular flexibility index (Phi) is 7.80. The first-order chi connectivity index (χ1) is 16.4. The molecule has 2 fully saturated rings. The predicted molar refractivity (Wildman–Crippen MR) is 120 cm³/mol. The van der Waals surface area contributed by atoms with Crippen molar-refractivity contribution in [3.8, 4) is 23.3 Å². The fourth-order valence-corrected chi connectivity index (χ4v) is 4.50. The molecule has 1 aromatic heterocycles. The van der Waals surface area contributed by atoms with Crippen LogP contribution >= 0.6 is 0 Å². The van der Waals surface area contributed by atoms with Gasteiger partial charge < -0.3 is 24.2 Å². The maximum absolute atomic E-state index is 11.2. The van der Waals surface area contributed by atoms with E-state index in [9.17, 15) is 9.00 Å². The van der Waals surface area contributed by atoms with Gasteiger partial charge in [0.2, 0.25) is 11.8 Å². The summed E-state index contributed by atoms with van der Waals surface area (Å²) in [5.74, 6) is 1.88. The maximum Gasteiger partial charge on any atom is 0.407 e. The van der Waals surface area contributed by atoms with E-state index in [2.05, 4.69) is 9.97 Å². The molecular formula is C22H27N3O8S. The summed E-state index contributed by atoms with van der Waals surface area (Å²) in [6, 6.07) is 5.61. The number of nitrogens with zero attached hydrogens (tertiary/aromatic N) is 3. The Labute approximate surface area is 199 Å². The van der Waals surface area contributed by atoms with E-state index >= 15 is 0 Å². The lowest BCUT2D eigenvalue weighted by Gasteiger charge is -2.30.